The number of thiophene rings is 1. The molecule has 0 aliphatic carbocycles. The molecule has 0 aliphatic heterocycles. The van der Waals surface area contributed by atoms with Crippen LogP contribution < -0.4 is 5.32 Å². The number of amides is 1. The first-order chi connectivity index (χ1) is 11.5. The van der Waals surface area contributed by atoms with Gasteiger partial charge < -0.3 is 10.1 Å². The Kier molecular flexibility index (Phi) is 5.13. The number of anilines is 1. The van der Waals surface area contributed by atoms with E-state index in [1.807, 2.05) is 6.07 Å². The van der Waals surface area contributed by atoms with Gasteiger partial charge in [-0.15, -0.1) is 11.3 Å². The van der Waals surface area contributed by atoms with Gasteiger partial charge in [0.15, 0.2) is 5.13 Å². The lowest BCUT2D eigenvalue weighted by Crippen LogP contribution is -2.13. The lowest BCUT2D eigenvalue weighted by Gasteiger charge is -2.00. The van der Waals surface area contributed by atoms with Gasteiger partial charge in [-0.3, -0.25) is 4.79 Å². The molecule has 0 saturated carbocycles. The number of ether oxygens (including phenoxy) is 1. The predicted molar refractivity (Wildman–Crippen MR) is 97.2 cm³/mol. The Morgan fingerprint density at radius 1 is 1.25 bits per heavy atom. The standard InChI is InChI=1S/C16H13ClN2O3S2/c1-2-22-15(21)9-3-5-11-12(7-9)24-16(18-11)19-14(20)8-10-4-6-13(17)23-10/h3-7H,2,8H2,1H3,(H,18,19,20). The van der Waals surface area contributed by atoms with Crippen molar-refractivity contribution in [2.75, 3.05) is 11.9 Å². The van der Waals surface area contributed by atoms with E-state index in [4.69, 9.17) is 16.3 Å². The first-order valence-electron chi connectivity index (χ1n) is 7.17. The number of carbonyl (C=O) groups is 2. The van der Waals surface area contributed by atoms with Gasteiger partial charge >= 0.3 is 5.97 Å². The van der Waals surface area contributed by atoms with Gasteiger partial charge in [-0.25, -0.2) is 9.78 Å². The molecule has 0 saturated heterocycles. The Morgan fingerprint density at radius 2 is 2.08 bits per heavy atom. The van der Waals surface area contributed by atoms with Crippen LogP contribution in [-0.2, 0) is 16.0 Å². The van der Waals surface area contributed by atoms with Crippen molar-refractivity contribution in [2.24, 2.45) is 0 Å². The summed E-state index contributed by atoms with van der Waals surface area (Å²) in [5.41, 5.74) is 1.20. The number of fused-ring (bicyclic) bond motifs is 1. The minimum Gasteiger partial charge on any atom is -0.462 e. The summed E-state index contributed by atoms with van der Waals surface area (Å²) in [6.07, 6.45) is 0.251. The molecule has 124 valence electrons. The third-order valence-corrected chi connectivity index (χ3v) is 5.27. The molecule has 0 bridgehead atoms. The highest BCUT2D eigenvalue weighted by atomic mass is 35.5. The van der Waals surface area contributed by atoms with Gasteiger partial charge in [0, 0.05) is 4.88 Å². The van der Waals surface area contributed by atoms with Crippen LogP contribution >= 0.6 is 34.3 Å². The maximum Gasteiger partial charge on any atom is 0.338 e. The number of halogens is 1. The van der Waals surface area contributed by atoms with Crippen molar-refractivity contribution >= 4 is 61.5 Å². The summed E-state index contributed by atoms with van der Waals surface area (Å²) in [5, 5.41) is 3.28. The molecule has 2 aromatic heterocycles. The first-order valence-corrected chi connectivity index (χ1v) is 9.18. The highest BCUT2D eigenvalue weighted by molar-refractivity contribution is 7.22. The lowest BCUT2D eigenvalue weighted by molar-refractivity contribution is -0.115. The summed E-state index contributed by atoms with van der Waals surface area (Å²) in [6, 6.07) is 8.73. The van der Waals surface area contributed by atoms with Crippen LogP contribution in [0.4, 0.5) is 5.13 Å². The van der Waals surface area contributed by atoms with Crippen molar-refractivity contribution in [3.05, 3.63) is 45.1 Å². The highest BCUT2D eigenvalue weighted by Gasteiger charge is 2.12. The molecule has 1 N–H and O–H groups in total. The van der Waals surface area contributed by atoms with Gasteiger partial charge in [0.05, 0.1) is 33.1 Å². The molecule has 5 nitrogen and oxygen atoms in total. The molecule has 1 amide bonds. The third-order valence-electron chi connectivity index (χ3n) is 3.11. The molecule has 0 radical (unpaired) electrons. The molecule has 0 atom stereocenters. The second-order valence-corrected chi connectivity index (χ2v) is 7.68. The van der Waals surface area contributed by atoms with Crippen molar-refractivity contribution in [1.82, 2.24) is 4.98 Å². The molecule has 1 aromatic carbocycles. The molecular formula is C16H13ClN2O3S2. The van der Waals surface area contributed by atoms with E-state index >= 15 is 0 Å². The summed E-state index contributed by atoms with van der Waals surface area (Å²) in [4.78, 5) is 29.1. The summed E-state index contributed by atoms with van der Waals surface area (Å²) in [5.74, 6) is -0.522. The quantitative estimate of drug-likeness (QED) is 0.667. The van der Waals surface area contributed by atoms with Crippen molar-refractivity contribution in [3.63, 3.8) is 0 Å². The second-order valence-electron chi connectivity index (χ2n) is 4.85. The number of benzene rings is 1. The second kappa shape index (κ2) is 7.29. The number of esters is 1. The van der Waals surface area contributed by atoms with Crippen LogP contribution in [0.15, 0.2) is 30.3 Å². The predicted octanol–water partition coefficient (Wildman–Crippen LogP) is 4.37. The molecule has 0 spiro atoms. The molecular weight excluding hydrogens is 368 g/mol. The summed E-state index contributed by atoms with van der Waals surface area (Å²) < 4.78 is 6.45. The molecule has 3 aromatic rings. The van der Waals surface area contributed by atoms with E-state index in [9.17, 15) is 9.59 Å². The Balaban J connectivity index is 1.73. The van der Waals surface area contributed by atoms with Crippen LogP contribution in [0.25, 0.3) is 10.2 Å². The van der Waals surface area contributed by atoms with Crippen LogP contribution in [0.5, 0.6) is 0 Å². The largest absolute Gasteiger partial charge is 0.462 e. The van der Waals surface area contributed by atoms with E-state index in [1.54, 1.807) is 31.2 Å². The van der Waals surface area contributed by atoms with Gasteiger partial charge in [0.2, 0.25) is 5.91 Å². The van der Waals surface area contributed by atoms with Crippen LogP contribution in [-0.4, -0.2) is 23.5 Å². The number of rotatable bonds is 5. The maximum atomic E-state index is 12.1. The van der Waals surface area contributed by atoms with Crippen LogP contribution in [0.3, 0.4) is 0 Å². The highest BCUT2D eigenvalue weighted by Crippen LogP contribution is 2.28. The van der Waals surface area contributed by atoms with E-state index in [0.29, 0.717) is 21.6 Å². The molecule has 0 unspecified atom stereocenters. The van der Waals surface area contributed by atoms with Crippen LogP contribution in [0.1, 0.15) is 22.2 Å². The fourth-order valence-corrected chi connectivity index (χ4v) is 4.10. The normalized spacial score (nSPS) is 10.8. The van der Waals surface area contributed by atoms with E-state index in [1.165, 1.54) is 22.7 Å². The fourth-order valence-electron chi connectivity index (χ4n) is 2.09. The molecule has 24 heavy (non-hydrogen) atoms. The third kappa shape index (κ3) is 3.92. The summed E-state index contributed by atoms with van der Waals surface area (Å²) in [6.45, 7) is 2.09. The SMILES string of the molecule is CCOC(=O)c1ccc2nc(NC(=O)Cc3ccc(Cl)s3)sc2c1. The van der Waals surface area contributed by atoms with E-state index < -0.39 is 0 Å². The topological polar surface area (TPSA) is 68.3 Å². The molecule has 3 rings (SSSR count). The minimum absolute atomic E-state index is 0.154. The van der Waals surface area contributed by atoms with Gasteiger partial charge in [-0.2, -0.15) is 0 Å². The summed E-state index contributed by atoms with van der Waals surface area (Å²) >= 11 is 8.55. The Morgan fingerprint density at radius 3 is 2.79 bits per heavy atom. The van der Waals surface area contributed by atoms with Crippen molar-refractivity contribution in [2.45, 2.75) is 13.3 Å². The zero-order valence-corrected chi connectivity index (χ0v) is 15.1. The minimum atomic E-state index is -0.368. The average molecular weight is 381 g/mol. The lowest BCUT2D eigenvalue weighted by atomic mass is 10.2. The molecule has 2 heterocycles. The first kappa shape index (κ1) is 16.9. The number of hydrogen-bond donors (Lipinski definition) is 1. The Hall–Kier alpha value is -1.96. The van der Waals surface area contributed by atoms with Crippen LogP contribution in [0.2, 0.25) is 4.34 Å². The van der Waals surface area contributed by atoms with Gasteiger partial charge in [-0.1, -0.05) is 22.9 Å². The van der Waals surface area contributed by atoms with Crippen molar-refractivity contribution in [3.8, 4) is 0 Å². The van der Waals surface area contributed by atoms with E-state index in [0.717, 1.165) is 15.1 Å². The smallest absolute Gasteiger partial charge is 0.338 e. The molecule has 0 aliphatic rings. The Labute approximate surface area is 151 Å². The zero-order valence-electron chi connectivity index (χ0n) is 12.7. The fraction of sp³-hybridized carbons (Fsp3) is 0.188. The van der Waals surface area contributed by atoms with Gasteiger partial charge in [0.1, 0.15) is 0 Å². The molecule has 8 heteroatoms. The van der Waals surface area contributed by atoms with Crippen molar-refractivity contribution in [1.29, 1.82) is 0 Å². The number of hydrogen-bond acceptors (Lipinski definition) is 6. The maximum absolute atomic E-state index is 12.1. The van der Waals surface area contributed by atoms with E-state index in [-0.39, 0.29) is 18.3 Å². The molecule has 0 fully saturated rings. The number of nitrogens with zero attached hydrogens (tertiary/aromatic N) is 1. The number of aromatic nitrogens is 1. The zero-order chi connectivity index (χ0) is 17.1. The number of nitrogens with one attached hydrogen (secondary N) is 1. The van der Waals surface area contributed by atoms with Gasteiger partial charge in [0.25, 0.3) is 0 Å². The number of thiazole rings is 1. The monoisotopic (exact) mass is 380 g/mol. The van der Waals surface area contributed by atoms with Crippen LogP contribution in [0, 0.1) is 0 Å². The number of carbonyl (C=O) groups excluding carboxylic acids is 2. The van der Waals surface area contributed by atoms with Gasteiger partial charge in [-0.05, 0) is 37.3 Å². The summed E-state index contributed by atoms with van der Waals surface area (Å²) in [7, 11) is 0. The van der Waals surface area contributed by atoms with E-state index in [2.05, 4.69) is 10.3 Å². The van der Waals surface area contributed by atoms with Crippen molar-refractivity contribution < 1.29 is 14.3 Å². The average Bonchev–Trinajstić information content (AvgIpc) is 3.11. The Bertz CT molecular complexity index is 904.